The average molecular weight is 344 g/mol. The van der Waals surface area contributed by atoms with Crippen LogP contribution in [-0.4, -0.2) is 12.4 Å². The predicted octanol–water partition coefficient (Wildman–Crippen LogP) is 4.50. The molecule has 2 nitrogen and oxygen atoms in total. The Kier molecular flexibility index (Phi) is 4.56. The molecule has 5 heteroatoms. The van der Waals surface area contributed by atoms with Crippen molar-refractivity contribution in [1.82, 2.24) is 0 Å². The summed E-state index contributed by atoms with van der Waals surface area (Å²) in [5.41, 5.74) is 0.516. The zero-order valence-electron chi connectivity index (χ0n) is 9.70. The van der Waals surface area contributed by atoms with Crippen LogP contribution in [0.5, 0.6) is 5.75 Å². The van der Waals surface area contributed by atoms with Gasteiger partial charge >= 0.3 is 0 Å². The molecule has 0 aromatic heterocycles. The number of benzene rings is 2. The topological polar surface area (TPSA) is 26.3 Å². The number of Topliss-reactive ketones (excluding diaryl/α,β-unsaturated/α-hetero) is 1. The summed E-state index contributed by atoms with van der Waals surface area (Å²) in [6.07, 6.45) is 0. The first-order valence-electron chi connectivity index (χ1n) is 5.43. The van der Waals surface area contributed by atoms with Crippen LogP contribution in [0.25, 0.3) is 0 Å². The van der Waals surface area contributed by atoms with Gasteiger partial charge < -0.3 is 4.74 Å². The number of hydrogen-bond donors (Lipinski definition) is 0. The maximum atomic E-state index is 12.9. The van der Waals surface area contributed by atoms with E-state index in [9.17, 15) is 9.18 Å². The summed E-state index contributed by atoms with van der Waals surface area (Å²) in [6.45, 7) is -0.119. The first-order chi connectivity index (χ1) is 9.06. The highest BCUT2D eigenvalue weighted by atomic mass is 79.9. The molecule has 0 aliphatic heterocycles. The lowest BCUT2D eigenvalue weighted by molar-refractivity contribution is 0.0921. The normalized spacial score (nSPS) is 10.3. The number of hydrogen-bond acceptors (Lipinski definition) is 2. The second-order valence-corrected chi connectivity index (χ2v) is 5.08. The number of halogens is 3. The molecule has 0 atom stereocenters. The Labute approximate surface area is 123 Å². The predicted molar refractivity (Wildman–Crippen MR) is 75.4 cm³/mol. The summed E-state index contributed by atoms with van der Waals surface area (Å²) in [6, 6.07) is 10.6. The van der Waals surface area contributed by atoms with Gasteiger partial charge in [-0.3, -0.25) is 4.79 Å². The van der Waals surface area contributed by atoms with Crippen LogP contribution >= 0.6 is 27.5 Å². The van der Waals surface area contributed by atoms with Gasteiger partial charge in [0, 0.05) is 10.6 Å². The van der Waals surface area contributed by atoms with E-state index in [1.807, 2.05) is 0 Å². The van der Waals surface area contributed by atoms with E-state index in [1.165, 1.54) is 18.2 Å². The second-order valence-electron chi connectivity index (χ2n) is 3.79. The molecule has 19 heavy (non-hydrogen) atoms. The highest BCUT2D eigenvalue weighted by molar-refractivity contribution is 9.10. The van der Waals surface area contributed by atoms with Crippen molar-refractivity contribution in [1.29, 1.82) is 0 Å². The standard InChI is InChI=1S/C14H9BrClFO2/c15-12-7-11(17)5-6-14(12)19-8-13(18)9-1-3-10(16)4-2-9/h1-7H,8H2. The first-order valence-corrected chi connectivity index (χ1v) is 6.60. The Hall–Kier alpha value is -1.39. The second kappa shape index (κ2) is 6.17. The molecular weight excluding hydrogens is 335 g/mol. The van der Waals surface area contributed by atoms with Crippen molar-refractivity contribution in [3.05, 3.63) is 63.3 Å². The maximum absolute atomic E-state index is 12.9. The molecule has 0 aliphatic rings. The van der Waals surface area contributed by atoms with Crippen molar-refractivity contribution in [2.45, 2.75) is 0 Å². The molecule has 0 saturated carbocycles. The van der Waals surface area contributed by atoms with E-state index in [-0.39, 0.29) is 18.2 Å². The van der Waals surface area contributed by atoms with Crippen LogP contribution in [0.2, 0.25) is 5.02 Å². The Morgan fingerprint density at radius 1 is 1.21 bits per heavy atom. The minimum atomic E-state index is -0.372. The van der Waals surface area contributed by atoms with Gasteiger partial charge in [-0.1, -0.05) is 11.6 Å². The van der Waals surface area contributed by atoms with Gasteiger partial charge in [-0.2, -0.15) is 0 Å². The zero-order valence-corrected chi connectivity index (χ0v) is 12.0. The molecule has 0 aliphatic carbocycles. The van der Waals surface area contributed by atoms with Crippen LogP contribution in [0.4, 0.5) is 4.39 Å². The van der Waals surface area contributed by atoms with E-state index < -0.39 is 0 Å². The Bertz CT molecular complexity index is 599. The Morgan fingerprint density at radius 3 is 2.53 bits per heavy atom. The van der Waals surface area contributed by atoms with Gasteiger partial charge in [0.2, 0.25) is 0 Å². The lowest BCUT2D eigenvalue weighted by Gasteiger charge is -2.07. The maximum Gasteiger partial charge on any atom is 0.200 e. The lowest BCUT2D eigenvalue weighted by atomic mass is 10.1. The van der Waals surface area contributed by atoms with Crippen LogP contribution < -0.4 is 4.74 Å². The monoisotopic (exact) mass is 342 g/mol. The fourth-order valence-corrected chi connectivity index (χ4v) is 2.05. The molecule has 0 amide bonds. The van der Waals surface area contributed by atoms with Crippen molar-refractivity contribution in [2.24, 2.45) is 0 Å². The number of carbonyl (C=O) groups excluding carboxylic acids is 1. The van der Waals surface area contributed by atoms with Crippen molar-refractivity contribution in [2.75, 3.05) is 6.61 Å². The minimum absolute atomic E-state index is 0.119. The molecule has 2 aromatic rings. The molecule has 0 unspecified atom stereocenters. The highest BCUT2D eigenvalue weighted by Gasteiger charge is 2.09. The van der Waals surface area contributed by atoms with Crippen LogP contribution in [0.3, 0.4) is 0 Å². The van der Waals surface area contributed by atoms with Gasteiger partial charge in [-0.05, 0) is 58.4 Å². The first kappa shape index (κ1) is 14.0. The third kappa shape index (κ3) is 3.78. The summed E-state index contributed by atoms with van der Waals surface area (Å²) >= 11 is 8.91. The van der Waals surface area contributed by atoms with Gasteiger partial charge in [0.15, 0.2) is 12.4 Å². The quantitative estimate of drug-likeness (QED) is 0.764. The third-order valence-electron chi connectivity index (χ3n) is 2.42. The fraction of sp³-hybridized carbons (Fsp3) is 0.0714. The molecule has 0 heterocycles. The molecule has 0 bridgehead atoms. The summed E-state index contributed by atoms with van der Waals surface area (Å²) < 4.78 is 18.7. The zero-order chi connectivity index (χ0) is 13.8. The molecular formula is C14H9BrClFO2. The van der Waals surface area contributed by atoms with E-state index >= 15 is 0 Å². The molecule has 0 N–H and O–H groups in total. The molecule has 2 rings (SSSR count). The molecule has 0 radical (unpaired) electrons. The van der Waals surface area contributed by atoms with E-state index in [1.54, 1.807) is 24.3 Å². The number of ether oxygens (including phenoxy) is 1. The van der Waals surface area contributed by atoms with Crippen molar-refractivity contribution in [3.8, 4) is 5.75 Å². The van der Waals surface area contributed by atoms with Crippen LogP contribution in [0.1, 0.15) is 10.4 Å². The van der Waals surface area contributed by atoms with Gasteiger partial charge in [-0.15, -0.1) is 0 Å². The van der Waals surface area contributed by atoms with Crippen LogP contribution in [-0.2, 0) is 0 Å². The average Bonchev–Trinajstić information content (AvgIpc) is 2.38. The molecule has 0 spiro atoms. The summed E-state index contributed by atoms with van der Waals surface area (Å²) in [7, 11) is 0. The summed E-state index contributed by atoms with van der Waals surface area (Å²) in [5, 5.41) is 0.568. The molecule has 0 saturated heterocycles. The Balaban J connectivity index is 2.02. The van der Waals surface area contributed by atoms with Crippen LogP contribution in [0.15, 0.2) is 46.9 Å². The number of rotatable bonds is 4. The summed E-state index contributed by atoms with van der Waals surface area (Å²) in [4.78, 5) is 11.9. The minimum Gasteiger partial charge on any atom is -0.484 e. The van der Waals surface area contributed by atoms with Crippen molar-refractivity contribution in [3.63, 3.8) is 0 Å². The van der Waals surface area contributed by atoms with Gasteiger partial charge in [-0.25, -0.2) is 4.39 Å². The number of ketones is 1. The smallest absolute Gasteiger partial charge is 0.200 e. The van der Waals surface area contributed by atoms with Gasteiger partial charge in [0.1, 0.15) is 11.6 Å². The number of carbonyl (C=O) groups is 1. The summed E-state index contributed by atoms with van der Waals surface area (Å²) in [5.74, 6) is -0.125. The fourth-order valence-electron chi connectivity index (χ4n) is 1.45. The highest BCUT2D eigenvalue weighted by Crippen LogP contribution is 2.25. The molecule has 2 aromatic carbocycles. The van der Waals surface area contributed by atoms with E-state index in [0.29, 0.717) is 20.8 Å². The van der Waals surface area contributed by atoms with Crippen molar-refractivity contribution >= 4 is 33.3 Å². The SMILES string of the molecule is O=C(COc1ccc(F)cc1Br)c1ccc(Cl)cc1. The van der Waals surface area contributed by atoms with E-state index in [4.69, 9.17) is 16.3 Å². The Morgan fingerprint density at radius 2 is 1.89 bits per heavy atom. The lowest BCUT2D eigenvalue weighted by Crippen LogP contribution is -2.11. The van der Waals surface area contributed by atoms with Gasteiger partial charge in [0.05, 0.1) is 4.47 Å². The molecule has 98 valence electrons. The van der Waals surface area contributed by atoms with E-state index in [0.717, 1.165) is 0 Å². The largest absolute Gasteiger partial charge is 0.484 e. The van der Waals surface area contributed by atoms with Crippen LogP contribution in [0, 0.1) is 5.82 Å². The van der Waals surface area contributed by atoms with E-state index in [2.05, 4.69) is 15.9 Å². The van der Waals surface area contributed by atoms with Crippen molar-refractivity contribution < 1.29 is 13.9 Å². The third-order valence-corrected chi connectivity index (χ3v) is 3.29. The van der Waals surface area contributed by atoms with Gasteiger partial charge in [0.25, 0.3) is 0 Å². The molecule has 0 fully saturated rings.